The van der Waals surface area contributed by atoms with Crippen LogP contribution in [-0.2, 0) is 14.4 Å². The monoisotopic (exact) mass is 377 g/mol. The molecule has 4 bridgehead atoms. The number of hydrazine groups is 1. The molecule has 7 nitrogen and oxygen atoms in total. The second kappa shape index (κ2) is 7.08. The predicted octanol–water partition coefficient (Wildman–Crippen LogP) is 1.26. The van der Waals surface area contributed by atoms with Gasteiger partial charge in [0.05, 0.1) is 5.60 Å². The summed E-state index contributed by atoms with van der Waals surface area (Å²) in [6.07, 6.45) is 9.33. The van der Waals surface area contributed by atoms with Crippen molar-refractivity contribution < 1.29 is 19.5 Å². The number of nitrogens with one attached hydrogen (secondary N) is 2. The van der Waals surface area contributed by atoms with Crippen LogP contribution >= 0.6 is 0 Å². The highest BCUT2D eigenvalue weighted by molar-refractivity contribution is 5.86. The molecule has 27 heavy (non-hydrogen) atoms. The number of hydrogen-bond acceptors (Lipinski definition) is 4. The molecule has 0 aromatic heterocycles. The van der Waals surface area contributed by atoms with Gasteiger partial charge in [-0.3, -0.25) is 25.2 Å². The fraction of sp³-hybridized carbons (Fsp3) is 0.850. The highest BCUT2D eigenvalue weighted by atomic mass is 16.3. The maximum Gasteiger partial charge on any atom is 0.257 e. The first-order valence-electron chi connectivity index (χ1n) is 10.4. The summed E-state index contributed by atoms with van der Waals surface area (Å²) in [6, 6.07) is 0. The van der Waals surface area contributed by atoms with Gasteiger partial charge in [-0.1, -0.05) is 6.42 Å². The molecule has 5 fully saturated rings. The smallest absolute Gasteiger partial charge is 0.257 e. The lowest BCUT2D eigenvalue weighted by molar-refractivity contribution is -0.169. The van der Waals surface area contributed by atoms with Crippen LogP contribution in [0.4, 0.5) is 0 Å². The second-order valence-corrected chi connectivity index (χ2v) is 9.58. The molecule has 1 aliphatic heterocycles. The molecule has 5 aliphatic rings. The van der Waals surface area contributed by atoms with Crippen molar-refractivity contribution in [2.45, 2.75) is 76.2 Å². The average Bonchev–Trinajstić information content (AvgIpc) is 2.75. The minimum Gasteiger partial charge on any atom is -0.390 e. The van der Waals surface area contributed by atoms with Gasteiger partial charge in [0.1, 0.15) is 6.54 Å². The highest BCUT2D eigenvalue weighted by Gasteiger charge is 2.57. The van der Waals surface area contributed by atoms with Crippen LogP contribution in [0.1, 0.15) is 70.6 Å². The first-order valence-corrected chi connectivity index (χ1v) is 10.4. The molecule has 7 heteroatoms. The number of aliphatic hydroxyl groups is 1. The van der Waals surface area contributed by atoms with Crippen LogP contribution in [-0.4, -0.2) is 46.4 Å². The van der Waals surface area contributed by atoms with Crippen molar-refractivity contribution >= 4 is 17.7 Å². The number of amides is 3. The molecule has 4 aliphatic carbocycles. The molecule has 3 N–H and O–H groups in total. The third-order valence-electron chi connectivity index (χ3n) is 7.03. The van der Waals surface area contributed by atoms with E-state index in [9.17, 15) is 19.5 Å². The van der Waals surface area contributed by atoms with Crippen LogP contribution in [0.5, 0.6) is 0 Å². The Balaban J connectivity index is 1.26. The van der Waals surface area contributed by atoms with Crippen molar-refractivity contribution in [2.75, 3.05) is 13.1 Å². The average molecular weight is 377 g/mol. The zero-order valence-corrected chi connectivity index (χ0v) is 16.0. The third kappa shape index (κ3) is 4.13. The maximum atomic E-state index is 12.5. The van der Waals surface area contributed by atoms with Gasteiger partial charge in [-0.25, -0.2) is 0 Å². The van der Waals surface area contributed by atoms with Gasteiger partial charge >= 0.3 is 0 Å². The minimum absolute atomic E-state index is 0.00580. The summed E-state index contributed by atoms with van der Waals surface area (Å²) in [5.41, 5.74) is 4.30. The first kappa shape index (κ1) is 18.7. The molecule has 3 amide bonds. The maximum absolute atomic E-state index is 12.5. The quantitative estimate of drug-likeness (QED) is 0.642. The van der Waals surface area contributed by atoms with E-state index in [4.69, 9.17) is 0 Å². The molecule has 4 saturated carbocycles. The molecular weight excluding hydrogens is 346 g/mol. The van der Waals surface area contributed by atoms with E-state index in [-0.39, 0.29) is 29.7 Å². The van der Waals surface area contributed by atoms with E-state index in [1.165, 1.54) is 6.42 Å². The number of likely N-dealkylation sites (tertiary alicyclic amines) is 1. The predicted molar refractivity (Wildman–Crippen MR) is 98.0 cm³/mol. The van der Waals surface area contributed by atoms with E-state index in [2.05, 4.69) is 10.9 Å². The molecule has 2 unspecified atom stereocenters. The molecule has 1 heterocycles. The van der Waals surface area contributed by atoms with Crippen LogP contribution in [0.2, 0.25) is 0 Å². The molecule has 0 spiro atoms. The number of hydrogen-bond donors (Lipinski definition) is 3. The normalized spacial score (nSPS) is 37.8. The lowest BCUT2D eigenvalue weighted by atomic mass is 9.47. The van der Waals surface area contributed by atoms with E-state index in [1.54, 1.807) is 4.90 Å². The number of carbonyl (C=O) groups is 3. The summed E-state index contributed by atoms with van der Waals surface area (Å²) in [6.45, 7) is 0.596. The molecule has 1 saturated heterocycles. The Morgan fingerprint density at radius 2 is 1.74 bits per heavy atom. The summed E-state index contributed by atoms with van der Waals surface area (Å²) in [5, 5.41) is 10.8. The van der Waals surface area contributed by atoms with Gasteiger partial charge in [-0.05, 0) is 68.6 Å². The lowest BCUT2D eigenvalue weighted by Crippen LogP contribution is -2.57. The fourth-order valence-corrected chi connectivity index (χ4v) is 6.55. The fourth-order valence-electron chi connectivity index (χ4n) is 6.55. The topological polar surface area (TPSA) is 98.7 Å². The van der Waals surface area contributed by atoms with E-state index in [0.717, 1.165) is 44.9 Å². The summed E-state index contributed by atoms with van der Waals surface area (Å²) < 4.78 is 0. The number of rotatable bonds is 4. The molecule has 0 radical (unpaired) electrons. The van der Waals surface area contributed by atoms with E-state index < -0.39 is 5.60 Å². The Labute approximate surface area is 160 Å². The van der Waals surface area contributed by atoms with Crippen LogP contribution in [0.3, 0.4) is 0 Å². The summed E-state index contributed by atoms with van der Waals surface area (Å²) in [5.74, 6) is 0.523. The Hall–Kier alpha value is -1.63. The summed E-state index contributed by atoms with van der Waals surface area (Å²) in [7, 11) is 0. The van der Waals surface area contributed by atoms with Crippen molar-refractivity contribution in [2.24, 2.45) is 17.3 Å². The molecule has 0 aromatic rings. The van der Waals surface area contributed by atoms with Crippen molar-refractivity contribution in [1.29, 1.82) is 0 Å². The Morgan fingerprint density at radius 1 is 1.04 bits per heavy atom. The Bertz CT molecular complexity index is 621. The molecule has 0 aromatic carbocycles. The summed E-state index contributed by atoms with van der Waals surface area (Å²) in [4.78, 5) is 38.1. The van der Waals surface area contributed by atoms with Gasteiger partial charge in [0, 0.05) is 19.4 Å². The van der Waals surface area contributed by atoms with Gasteiger partial charge < -0.3 is 10.0 Å². The lowest BCUT2D eigenvalue weighted by Gasteiger charge is -2.60. The third-order valence-corrected chi connectivity index (χ3v) is 7.03. The van der Waals surface area contributed by atoms with Crippen LogP contribution in [0, 0.1) is 17.3 Å². The van der Waals surface area contributed by atoms with Gasteiger partial charge in [-0.15, -0.1) is 0 Å². The van der Waals surface area contributed by atoms with Crippen LogP contribution in [0.25, 0.3) is 0 Å². The van der Waals surface area contributed by atoms with Gasteiger partial charge in [0.25, 0.3) is 5.91 Å². The van der Waals surface area contributed by atoms with E-state index in [0.29, 0.717) is 37.6 Å². The van der Waals surface area contributed by atoms with Crippen molar-refractivity contribution in [3.8, 4) is 0 Å². The van der Waals surface area contributed by atoms with Crippen molar-refractivity contribution in [1.82, 2.24) is 15.8 Å². The minimum atomic E-state index is -0.583. The largest absolute Gasteiger partial charge is 0.390 e. The standard InChI is InChI=1S/C20H31N3O4/c24-16(21-22-17(25)12-23-5-3-1-2-4-18(23)26)11-19-7-14-6-15(8-19)10-20(27,9-14)13-19/h14-15,27H,1-13H2,(H,21,24)(H,22,25). The zero-order chi connectivity index (χ0) is 19.1. The number of nitrogens with zero attached hydrogens (tertiary/aromatic N) is 1. The van der Waals surface area contributed by atoms with Gasteiger partial charge in [0.15, 0.2) is 0 Å². The highest BCUT2D eigenvalue weighted by Crippen LogP contribution is 2.62. The second-order valence-electron chi connectivity index (χ2n) is 9.58. The Morgan fingerprint density at radius 3 is 2.44 bits per heavy atom. The van der Waals surface area contributed by atoms with E-state index in [1.807, 2.05) is 0 Å². The first-order chi connectivity index (χ1) is 12.8. The Kier molecular flexibility index (Phi) is 4.91. The zero-order valence-electron chi connectivity index (χ0n) is 16.0. The van der Waals surface area contributed by atoms with Gasteiger partial charge in [-0.2, -0.15) is 0 Å². The molecule has 2 atom stereocenters. The molecule has 150 valence electrons. The van der Waals surface area contributed by atoms with Crippen molar-refractivity contribution in [3.63, 3.8) is 0 Å². The van der Waals surface area contributed by atoms with Crippen LogP contribution in [0.15, 0.2) is 0 Å². The molecule has 5 rings (SSSR count). The molecular formula is C20H31N3O4. The van der Waals surface area contributed by atoms with E-state index >= 15 is 0 Å². The van der Waals surface area contributed by atoms with Gasteiger partial charge in [0.2, 0.25) is 11.8 Å². The van der Waals surface area contributed by atoms with Crippen molar-refractivity contribution in [3.05, 3.63) is 0 Å². The SMILES string of the molecule is O=C(CN1CCCCCC1=O)NNC(=O)CC12CC3CC(CC(O)(C3)C1)C2. The number of carbonyl (C=O) groups excluding carboxylic acids is 3. The summed E-state index contributed by atoms with van der Waals surface area (Å²) >= 11 is 0. The van der Waals surface area contributed by atoms with Crippen LogP contribution < -0.4 is 10.9 Å².